The van der Waals surface area contributed by atoms with Gasteiger partial charge >= 0.3 is 12.0 Å². The summed E-state index contributed by atoms with van der Waals surface area (Å²) < 4.78 is 5.06. The number of aliphatic hydroxyl groups is 1. The normalized spacial score (nSPS) is 20.5. The van der Waals surface area contributed by atoms with E-state index in [0.717, 1.165) is 25.8 Å². The van der Waals surface area contributed by atoms with E-state index in [1.54, 1.807) is 0 Å². The van der Waals surface area contributed by atoms with Gasteiger partial charge in [0.1, 0.15) is 0 Å². The zero-order chi connectivity index (χ0) is 16.8. The molecule has 1 aliphatic rings. The molecule has 0 aliphatic carbocycles. The number of nitrogens with zero attached hydrogens (tertiary/aromatic N) is 2. The molecule has 2 heterocycles. The van der Waals surface area contributed by atoms with Gasteiger partial charge in [-0.15, -0.1) is 0 Å². The number of aliphatic hydroxyl groups excluding tert-OH is 1. The summed E-state index contributed by atoms with van der Waals surface area (Å²) in [7, 11) is 0. The van der Waals surface area contributed by atoms with Crippen molar-refractivity contribution < 1.29 is 24.3 Å². The van der Waals surface area contributed by atoms with Crippen molar-refractivity contribution in [1.82, 2.24) is 26.1 Å². The van der Waals surface area contributed by atoms with Gasteiger partial charge in [0.15, 0.2) is 11.9 Å². The Bertz CT molecular complexity index is 541. The summed E-state index contributed by atoms with van der Waals surface area (Å²) in [5.41, 5.74) is 0. The molecule has 3 atom stereocenters. The molecule has 10 nitrogen and oxygen atoms in total. The van der Waals surface area contributed by atoms with E-state index in [0.29, 0.717) is 5.82 Å². The van der Waals surface area contributed by atoms with Crippen LogP contribution in [-0.2, 0) is 11.3 Å². The minimum atomic E-state index is -1.39. The highest BCUT2D eigenvalue weighted by Gasteiger charge is 2.25. The molecule has 0 bridgehead atoms. The molecule has 1 saturated heterocycles. The maximum atomic E-state index is 11.6. The molecule has 0 saturated carbocycles. The maximum Gasteiger partial charge on any atom is 0.328 e. The van der Waals surface area contributed by atoms with Crippen LogP contribution in [0.1, 0.15) is 43.9 Å². The van der Waals surface area contributed by atoms with Crippen LogP contribution in [-0.4, -0.2) is 51.0 Å². The van der Waals surface area contributed by atoms with Gasteiger partial charge in [-0.25, -0.2) is 9.59 Å². The van der Waals surface area contributed by atoms with Crippen LogP contribution in [0, 0.1) is 0 Å². The summed E-state index contributed by atoms with van der Waals surface area (Å²) in [6.07, 6.45) is 1.93. The molecule has 1 fully saturated rings. The Morgan fingerprint density at radius 1 is 1.48 bits per heavy atom. The van der Waals surface area contributed by atoms with E-state index >= 15 is 0 Å². The molecule has 128 valence electrons. The van der Waals surface area contributed by atoms with E-state index in [1.165, 1.54) is 6.92 Å². The number of hydrogen-bond acceptors (Lipinski definition) is 7. The number of piperidine rings is 1. The molecule has 1 aromatic rings. The van der Waals surface area contributed by atoms with Gasteiger partial charge in [0.25, 0.3) is 0 Å². The second kappa shape index (κ2) is 7.88. The quantitative estimate of drug-likeness (QED) is 0.470. The second-order valence-electron chi connectivity index (χ2n) is 5.43. The van der Waals surface area contributed by atoms with Crippen molar-refractivity contribution in [1.29, 1.82) is 0 Å². The van der Waals surface area contributed by atoms with Gasteiger partial charge in [-0.2, -0.15) is 4.98 Å². The van der Waals surface area contributed by atoms with Crippen LogP contribution in [0.2, 0.25) is 0 Å². The minimum absolute atomic E-state index is 0.0301. The second-order valence-corrected chi connectivity index (χ2v) is 5.43. The number of carbonyl (C=O) groups excluding carboxylic acids is 1. The number of carbonyl (C=O) groups is 2. The molecule has 23 heavy (non-hydrogen) atoms. The first kappa shape index (κ1) is 17.2. The molecule has 2 rings (SSSR count). The topological polar surface area (TPSA) is 150 Å². The molecule has 5 N–H and O–H groups in total. The van der Waals surface area contributed by atoms with Gasteiger partial charge in [0, 0.05) is 0 Å². The summed E-state index contributed by atoms with van der Waals surface area (Å²) in [6.45, 7) is 2.16. The van der Waals surface area contributed by atoms with Crippen LogP contribution in [0.5, 0.6) is 0 Å². The highest BCUT2D eigenvalue weighted by Crippen LogP contribution is 2.20. The van der Waals surface area contributed by atoms with E-state index in [-0.39, 0.29) is 18.5 Å². The van der Waals surface area contributed by atoms with Gasteiger partial charge < -0.3 is 30.7 Å². The molecule has 10 heteroatoms. The Kier molecular flexibility index (Phi) is 5.88. The number of aromatic nitrogens is 2. The van der Waals surface area contributed by atoms with Gasteiger partial charge in [0.2, 0.25) is 5.89 Å². The van der Waals surface area contributed by atoms with E-state index in [2.05, 4.69) is 26.1 Å². The van der Waals surface area contributed by atoms with Crippen molar-refractivity contribution in [2.45, 2.75) is 50.9 Å². The summed E-state index contributed by atoms with van der Waals surface area (Å²) >= 11 is 0. The first-order valence-corrected chi connectivity index (χ1v) is 7.48. The number of nitrogens with one attached hydrogen (secondary N) is 3. The van der Waals surface area contributed by atoms with E-state index in [1.807, 2.05) is 0 Å². The smallest absolute Gasteiger partial charge is 0.328 e. The molecule has 0 aromatic carbocycles. The van der Waals surface area contributed by atoms with Crippen LogP contribution >= 0.6 is 0 Å². The number of hydrogen-bond donors (Lipinski definition) is 5. The predicted octanol–water partition coefficient (Wildman–Crippen LogP) is -0.483. The summed E-state index contributed by atoms with van der Waals surface area (Å²) in [5.74, 6) is -0.542. The first-order chi connectivity index (χ1) is 11.0. The maximum absolute atomic E-state index is 11.6. The lowest BCUT2D eigenvalue weighted by Crippen LogP contribution is -2.51. The summed E-state index contributed by atoms with van der Waals surface area (Å²) in [5, 5.41) is 29.9. The van der Waals surface area contributed by atoms with Crippen LogP contribution in [0.4, 0.5) is 4.79 Å². The zero-order valence-electron chi connectivity index (χ0n) is 12.8. The lowest BCUT2D eigenvalue weighted by Gasteiger charge is -2.19. The summed E-state index contributed by atoms with van der Waals surface area (Å²) in [4.78, 5) is 26.7. The third-order valence-corrected chi connectivity index (χ3v) is 3.54. The van der Waals surface area contributed by atoms with Crippen molar-refractivity contribution in [2.75, 3.05) is 6.54 Å². The Labute approximate surface area is 132 Å². The summed E-state index contributed by atoms with van der Waals surface area (Å²) in [6, 6.07) is -2.07. The highest BCUT2D eigenvalue weighted by atomic mass is 16.5. The third-order valence-electron chi connectivity index (χ3n) is 3.54. The van der Waals surface area contributed by atoms with Crippen molar-refractivity contribution in [3.63, 3.8) is 0 Å². The van der Waals surface area contributed by atoms with Crippen LogP contribution in [0.15, 0.2) is 4.52 Å². The number of rotatable bonds is 6. The van der Waals surface area contributed by atoms with Crippen molar-refractivity contribution >= 4 is 12.0 Å². The molecule has 1 aliphatic heterocycles. The fraction of sp³-hybridized carbons (Fsp3) is 0.692. The number of amides is 2. The fourth-order valence-corrected chi connectivity index (χ4v) is 2.29. The number of urea groups is 1. The third kappa shape index (κ3) is 4.89. The van der Waals surface area contributed by atoms with E-state index in [4.69, 9.17) is 9.63 Å². The average Bonchev–Trinajstić information content (AvgIpc) is 3.00. The van der Waals surface area contributed by atoms with E-state index < -0.39 is 24.1 Å². The molecule has 0 spiro atoms. The number of carboxylic acids is 1. The highest BCUT2D eigenvalue weighted by molar-refractivity contribution is 5.82. The first-order valence-electron chi connectivity index (χ1n) is 7.48. The lowest BCUT2D eigenvalue weighted by atomic mass is 10.0. The molecule has 1 aromatic heterocycles. The van der Waals surface area contributed by atoms with Gasteiger partial charge in [-0.3, -0.25) is 0 Å². The zero-order valence-corrected chi connectivity index (χ0v) is 12.8. The van der Waals surface area contributed by atoms with Crippen LogP contribution in [0.3, 0.4) is 0 Å². The molecule has 3 unspecified atom stereocenters. The molecule has 2 amide bonds. The Morgan fingerprint density at radius 3 is 2.87 bits per heavy atom. The van der Waals surface area contributed by atoms with Gasteiger partial charge in [-0.1, -0.05) is 11.6 Å². The molecular formula is C13H21N5O5. The Hall–Kier alpha value is -2.20. The predicted molar refractivity (Wildman–Crippen MR) is 77.4 cm³/mol. The van der Waals surface area contributed by atoms with Gasteiger partial charge in [0.05, 0.1) is 18.7 Å². The minimum Gasteiger partial charge on any atom is -0.480 e. The average molecular weight is 327 g/mol. The molecule has 0 radical (unpaired) electrons. The lowest BCUT2D eigenvalue weighted by molar-refractivity contribution is -0.141. The Morgan fingerprint density at radius 2 is 2.26 bits per heavy atom. The SMILES string of the molecule is CC(O)C(NC(=O)NCc1nc(C2CCCCN2)no1)C(=O)O. The van der Waals surface area contributed by atoms with Crippen molar-refractivity contribution in [3.05, 3.63) is 11.7 Å². The monoisotopic (exact) mass is 327 g/mol. The van der Waals surface area contributed by atoms with Crippen molar-refractivity contribution in [3.8, 4) is 0 Å². The fourth-order valence-electron chi connectivity index (χ4n) is 2.29. The molecular weight excluding hydrogens is 306 g/mol. The van der Waals surface area contributed by atoms with E-state index in [9.17, 15) is 14.7 Å². The number of aliphatic carboxylic acids is 1. The van der Waals surface area contributed by atoms with Gasteiger partial charge in [-0.05, 0) is 26.3 Å². The van der Waals surface area contributed by atoms with Crippen LogP contribution < -0.4 is 16.0 Å². The van der Waals surface area contributed by atoms with Crippen LogP contribution in [0.25, 0.3) is 0 Å². The standard InChI is InChI=1S/C13H21N5O5/c1-7(19)10(12(20)21)17-13(22)15-6-9-16-11(18-23-9)8-4-2-3-5-14-8/h7-8,10,14,19H,2-6H2,1H3,(H,20,21)(H2,15,17,22). The van der Waals surface area contributed by atoms with Crippen molar-refractivity contribution in [2.24, 2.45) is 0 Å². The Balaban J connectivity index is 1.82. The largest absolute Gasteiger partial charge is 0.480 e. The number of carboxylic acid groups (broad SMARTS) is 1.